The van der Waals surface area contributed by atoms with Gasteiger partial charge in [0, 0.05) is 17.5 Å². The minimum atomic E-state index is 0.513. The van der Waals surface area contributed by atoms with Crippen molar-refractivity contribution in [2.45, 2.75) is 26.2 Å². The molecule has 112 valence electrons. The van der Waals surface area contributed by atoms with Gasteiger partial charge in [0.15, 0.2) is 11.5 Å². The van der Waals surface area contributed by atoms with Crippen LogP contribution >= 0.6 is 0 Å². The van der Waals surface area contributed by atoms with Crippen LogP contribution in [-0.2, 0) is 11.2 Å². The fourth-order valence-electron chi connectivity index (χ4n) is 2.32. The van der Waals surface area contributed by atoms with Crippen LogP contribution in [0.25, 0.3) is 0 Å². The van der Waals surface area contributed by atoms with Gasteiger partial charge in [-0.25, -0.2) is 0 Å². The first-order valence-electron chi connectivity index (χ1n) is 6.45. The maximum Gasteiger partial charge on any atom is 0.207 e. The van der Waals surface area contributed by atoms with Crippen LogP contribution in [0.5, 0.6) is 23.0 Å². The molecule has 0 aliphatic rings. The van der Waals surface area contributed by atoms with Gasteiger partial charge in [-0.2, -0.15) is 0 Å². The van der Waals surface area contributed by atoms with E-state index in [0.717, 1.165) is 23.8 Å². The van der Waals surface area contributed by atoms with Gasteiger partial charge in [0.1, 0.15) is 6.29 Å². The van der Waals surface area contributed by atoms with E-state index in [2.05, 4.69) is 0 Å². The lowest BCUT2D eigenvalue weighted by Crippen LogP contribution is -2.05. The summed E-state index contributed by atoms with van der Waals surface area (Å²) in [5, 5.41) is 0. The Bertz CT molecular complexity index is 468. The molecule has 0 aliphatic carbocycles. The smallest absolute Gasteiger partial charge is 0.207 e. The van der Waals surface area contributed by atoms with Crippen LogP contribution in [0, 0.1) is 6.92 Å². The van der Waals surface area contributed by atoms with E-state index in [1.54, 1.807) is 28.4 Å². The summed E-state index contributed by atoms with van der Waals surface area (Å²) >= 11 is 0. The molecule has 0 spiro atoms. The van der Waals surface area contributed by atoms with Gasteiger partial charge in [-0.15, -0.1) is 0 Å². The molecule has 0 atom stereocenters. The average molecular weight is 282 g/mol. The molecule has 1 rings (SSSR count). The molecule has 0 amide bonds. The van der Waals surface area contributed by atoms with Crippen molar-refractivity contribution in [3.63, 3.8) is 0 Å². The molecule has 0 radical (unpaired) electrons. The molecule has 0 aromatic heterocycles. The van der Waals surface area contributed by atoms with Crippen LogP contribution in [0.2, 0.25) is 0 Å². The predicted molar refractivity (Wildman–Crippen MR) is 76.4 cm³/mol. The van der Waals surface area contributed by atoms with Crippen LogP contribution in [0.3, 0.4) is 0 Å². The van der Waals surface area contributed by atoms with E-state index in [1.807, 2.05) is 6.92 Å². The zero-order chi connectivity index (χ0) is 15.1. The molecule has 0 unspecified atom stereocenters. The molecule has 5 nitrogen and oxygen atoms in total. The van der Waals surface area contributed by atoms with Crippen LogP contribution in [0.15, 0.2) is 0 Å². The molecule has 0 aliphatic heterocycles. The number of ether oxygens (including phenoxy) is 4. The Balaban J connectivity index is 3.43. The quantitative estimate of drug-likeness (QED) is 0.542. The van der Waals surface area contributed by atoms with Gasteiger partial charge in [-0.05, 0) is 19.8 Å². The zero-order valence-electron chi connectivity index (χ0n) is 12.7. The predicted octanol–water partition coefficient (Wildman–Crippen LogP) is 2.55. The minimum Gasteiger partial charge on any atom is -0.492 e. The highest BCUT2D eigenvalue weighted by Gasteiger charge is 2.24. The highest BCUT2D eigenvalue weighted by atomic mass is 16.5. The topological polar surface area (TPSA) is 54.0 Å². The number of methoxy groups -OCH3 is 4. The fourth-order valence-corrected chi connectivity index (χ4v) is 2.32. The van der Waals surface area contributed by atoms with Crippen LogP contribution in [0.1, 0.15) is 24.0 Å². The van der Waals surface area contributed by atoms with Crippen molar-refractivity contribution in [3.8, 4) is 23.0 Å². The summed E-state index contributed by atoms with van der Waals surface area (Å²) in [6.45, 7) is 1.94. The first-order valence-corrected chi connectivity index (χ1v) is 6.45. The highest BCUT2D eigenvalue weighted by molar-refractivity contribution is 5.67. The van der Waals surface area contributed by atoms with Crippen LogP contribution < -0.4 is 18.9 Å². The van der Waals surface area contributed by atoms with E-state index in [-0.39, 0.29) is 0 Å². The second-order valence-electron chi connectivity index (χ2n) is 4.30. The van der Waals surface area contributed by atoms with E-state index in [9.17, 15) is 4.79 Å². The number of rotatable bonds is 8. The van der Waals surface area contributed by atoms with Crippen LogP contribution in [0.4, 0.5) is 0 Å². The molecule has 5 heteroatoms. The zero-order valence-corrected chi connectivity index (χ0v) is 12.7. The molecule has 20 heavy (non-hydrogen) atoms. The van der Waals surface area contributed by atoms with Crippen molar-refractivity contribution in [2.24, 2.45) is 0 Å². The monoisotopic (exact) mass is 282 g/mol. The summed E-state index contributed by atoms with van der Waals surface area (Å²) in [5.74, 6) is 2.29. The maximum atomic E-state index is 10.5. The lowest BCUT2D eigenvalue weighted by Gasteiger charge is -2.21. The van der Waals surface area contributed by atoms with E-state index >= 15 is 0 Å². The normalized spacial score (nSPS) is 10.1. The largest absolute Gasteiger partial charge is 0.492 e. The second-order valence-corrected chi connectivity index (χ2v) is 4.30. The van der Waals surface area contributed by atoms with Gasteiger partial charge >= 0.3 is 0 Å². The van der Waals surface area contributed by atoms with E-state index in [0.29, 0.717) is 35.8 Å². The summed E-state index contributed by atoms with van der Waals surface area (Å²) in [6.07, 6.45) is 2.89. The minimum absolute atomic E-state index is 0.513. The van der Waals surface area contributed by atoms with E-state index < -0.39 is 0 Å². The van der Waals surface area contributed by atoms with Gasteiger partial charge in [0.25, 0.3) is 0 Å². The third-order valence-electron chi connectivity index (χ3n) is 3.25. The van der Waals surface area contributed by atoms with Crippen molar-refractivity contribution in [1.29, 1.82) is 0 Å². The average Bonchev–Trinajstić information content (AvgIpc) is 2.47. The number of benzene rings is 1. The Kier molecular flexibility index (Phi) is 6.15. The number of unbranched alkanes of at least 4 members (excludes halogenated alkanes) is 1. The van der Waals surface area contributed by atoms with E-state index in [1.165, 1.54) is 0 Å². The van der Waals surface area contributed by atoms with Crippen LogP contribution in [-0.4, -0.2) is 34.7 Å². The molecular weight excluding hydrogens is 260 g/mol. The molecule has 0 fully saturated rings. The molecule has 0 saturated heterocycles. The van der Waals surface area contributed by atoms with Crippen molar-refractivity contribution >= 4 is 6.29 Å². The standard InChI is InChI=1S/C15H22O5/c1-10-11(8-6-7-9-16)13(18-3)15(20-5)14(19-4)12(10)17-2/h9H,6-8H2,1-5H3. The Hall–Kier alpha value is -1.91. The molecule has 0 N–H and O–H groups in total. The Morgan fingerprint density at radius 1 is 0.850 bits per heavy atom. The summed E-state index contributed by atoms with van der Waals surface area (Å²) in [4.78, 5) is 10.5. The van der Waals surface area contributed by atoms with Crippen molar-refractivity contribution < 1.29 is 23.7 Å². The fraction of sp³-hybridized carbons (Fsp3) is 0.533. The Labute approximate surface area is 119 Å². The third-order valence-corrected chi connectivity index (χ3v) is 3.25. The molecule has 0 bridgehead atoms. The number of aldehydes is 1. The third kappa shape index (κ3) is 2.98. The Morgan fingerprint density at radius 3 is 1.80 bits per heavy atom. The molecular formula is C15H22O5. The molecule has 0 heterocycles. The number of carbonyl (C=O) groups excluding carboxylic acids is 1. The number of hydrogen-bond donors (Lipinski definition) is 0. The van der Waals surface area contributed by atoms with Gasteiger partial charge in [-0.3, -0.25) is 0 Å². The van der Waals surface area contributed by atoms with Gasteiger partial charge in [0.2, 0.25) is 11.5 Å². The summed E-state index contributed by atoms with van der Waals surface area (Å²) in [7, 11) is 6.30. The van der Waals surface area contributed by atoms with Crippen molar-refractivity contribution in [2.75, 3.05) is 28.4 Å². The summed E-state index contributed by atoms with van der Waals surface area (Å²) in [5.41, 5.74) is 1.91. The maximum absolute atomic E-state index is 10.5. The molecule has 1 aromatic carbocycles. The lowest BCUT2D eigenvalue weighted by atomic mass is 9.99. The molecule has 0 saturated carbocycles. The SMILES string of the molecule is COc1c(C)c(CCCC=O)c(OC)c(OC)c1OC. The Morgan fingerprint density at radius 2 is 1.35 bits per heavy atom. The molecule has 1 aromatic rings. The van der Waals surface area contributed by atoms with Gasteiger partial charge in [0.05, 0.1) is 28.4 Å². The summed E-state index contributed by atoms with van der Waals surface area (Å²) < 4.78 is 21.7. The second kappa shape index (κ2) is 7.62. The number of hydrogen-bond acceptors (Lipinski definition) is 5. The lowest BCUT2D eigenvalue weighted by molar-refractivity contribution is -0.107. The van der Waals surface area contributed by atoms with Gasteiger partial charge in [-0.1, -0.05) is 0 Å². The summed E-state index contributed by atoms with van der Waals surface area (Å²) in [6, 6.07) is 0. The van der Waals surface area contributed by atoms with Crippen molar-refractivity contribution in [3.05, 3.63) is 11.1 Å². The van der Waals surface area contributed by atoms with E-state index in [4.69, 9.17) is 18.9 Å². The first kappa shape index (κ1) is 16.1. The van der Waals surface area contributed by atoms with Crippen molar-refractivity contribution in [1.82, 2.24) is 0 Å². The highest BCUT2D eigenvalue weighted by Crippen LogP contribution is 2.49. The number of carbonyl (C=O) groups is 1. The van der Waals surface area contributed by atoms with Gasteiger partial charge < -0.3 is 23.7 Å². The first-order chi connectivity index (χ1) is 9.65.